The van der Waals surface area contributed by atoms with Crippen molar-refractivity contribution in [3.63, 3.8) is 0 Å². The van der Waals surface area contributed by atoms with E-state index in [0.717, 1.165) is 80.6 Å². The van der Waals surface area contributed by atoms with Gasteiger partial charge in [-0.2, -0.15) is 4.39 Å². The van der Waals surface area contributed by atoms with Crippen LogP contribution in [0.15, 0.2) is 51.2 Å². The number of nitrogens with one attached hydrogen (secondary N) is 1. The molecule has 9 aliphatic rings. The molecule has 3 aromatic heterocycles. The first-order chi connectivity index (χ1) is 46.5. The lowest BCUT2D eigenvalue weighted by molar-refractivity contribution is 0.0681. The highest BCUT2D eigenvalue weighted by Crippen LogP contribution is 2.65. The van der Waals surface area contributed by atoms with E-state index in [1.54, 1.807) is 0 Å². The molecule has 6 heterocycles. The van der Waals surface area contributed by atoms with Crippen LogP contribution in [0.2, 0.25) is 0 Å². The van der Waals surface area contributed by atoms with Gasteiger partial charge in [-0.25, -0.2) is 58.0 Å². The zero-order valence-corrected chi connectivity index (χ0v) is 55.5. The molecule has 3 aliphatic heterocycles. The quantitative estimate of drug-likeness (QED) is 0.0620. The van der Waals surface area contributed by atoms with Crippen molar-refractivity contribution < 1.29 is 96.1 Å². The number of aliphatic hydroxyl groups is 1. The second kappa shape index (κ2) is 25.8. The average Bonchev–Trinajstić information content (AvgIpc) is 1.60. The van der Waals surface area contributed by atoms with Crippen LogP contribution in [0, 0.1) is 50.3 Å². The molecular weight excluding hydrogens is 1330 g/mol. The number of nitrogens with two attached hydrogens (primary N) is 1. The molecule has 9 fully saturated rings. The van der Waals surface area contributed by atoms with Gasteiger partial charge in [0.25, 0.3) is 0 Å². The molecule has 15 rings (SSSR count). The molecule has 5 N–H and O–H groups in total. The third-order valence-electron chi connectivity index (χ3n) is 21.8. The summed E-state index contributed by atoms with van der Waals surface area (Å²) in [5, 5.41) is 19.0. The van der Waals surface area contributed by atoms with Gasteiger partial charge in [-0.3, -0.25) is 14.4 Å². The van der Waals surface area contributed by atoms with Crippen molar-refractivity contribution >= 4 is 76.9 Å². The number of fused-ring (bicyclic) bond motifs is 3. The maximum atomic E-state index is 15.5. The molecule has 6 aliphatic carbocycles. The molecule has 33 heteroatoms. The number of rotatable bonds is 13. The lowest BCUT2D eigenvalue weighted by Crippen LogP contribution is -2.45. The summed E-state index contributed by atoms with van der Waals surface area (Å²) in [6.07, 6.45) is 6.40. The van der Waals surface area contributed by atoms with E-state index in [2.05, 4.69) is 42.3 Å². The standard InChI is InChI=1S/C22H23BF4N2O4.C21H23F2N3O4.C14H9BF5NO4.C8H15N.CH4O/c1-21(2)9-28(10-22(21)4-5-22)17-14(25)6-11-16(19(17)32-3)29(15-7-13(15)24)8-12(18(11)30)20(31)33-23(26)27;1-20(24)8-25(9-21(20)3-4-21)16-13(23)5-10-15(18(16)30-2)26(14-6-12(14)22)7-11(17(10)27)19(28)29;1-24-13-10(18)8(17)2-5-11(13)21(9-3-7(9)16)4-6(12(5)22)14(23)25-15(19)20;1-7(2)5-9-6-8(7)3-4-8;1-2/h6,8,13,15H,4-5,7,9-10H2,1-3H3;5,7,12,14H,3-4,6,8-9,24H2,1-2H3,(H,28,29);2,4,7,9H,3H2,1H3;9H,3-6H2,1-2H3;2H,1H3/t13-,15+;12-,14+,20?;7-,9+;;/m000../s1. The largest absolute Gasteiger partial charge is 0.798 e. The number of methoxy groups -OCH3 is 3. The number of aromatic carboxylic acids is 1. The number of ether oxygens (including phenoxy) is 3. The Hall–Kier alpha value is -8.06. The molecule has 6 aromatic rings. The molecule has 0 radical (unpaired) electrons. The molecule has 7 atom stereocenters. The van der Waals surface area contributed by atoms with Crippen molar-refractivity contribution in [2.45, 2.75) is 135 Å². The molecule has 0 bridgehead atoms. The minimum absolute atomic E-state index is 0.0105. The SMILES string of the molecule is CC1(C)CNCC12CC2.CO.COc1c(F)c(F)cc2c(=O)c(C(=O)OB(F)F)cn([C@@H]3C[C@@H]3F)c12.COc1c(N2CC(C)(C)C3(CC3)C2)c(F)cc2c(=O)c(C(=O)OB(F)F)cn([C@@H]3C[C@@H]3F)c12.COc1c(N2CC(C)(N)C3(CC3)C2)c(F)cc2c(=O)c(C(=O)O)cn([C@@H]3C[C@@H]3F)c12. The Morgan fingerprint density at radius 2 is 0.879 bits per heavy atom. The van der Waals surface area contributed by atoms with Gasteiger partial charge < -0.3 is 68.3 Å². The van der Waals surface area contributed by atoms with Crippen LogP contribution in [0.25, 0.3) is 32.7 Å². The van der Waals surface area contributed by atoms with Crippen LogP contribution in [-0.4, -0.2) is 149 Å². The summed E-state index contributed by atoms with van der Waals surface area (Å²) in [4.78, 5) is 77.2. The Balaban J connectivity index is 0.000000140. The fourth-order valence-electron chi connectivity index (χ4n) is 15.0. The number of carbonyl (C=O) groups excluding carboxylic acids is 2. The number of carboxylic acid groups (broad SMARTS) is 1. The van der Waals surface area contributed by atoms with Gasteiger partial charge in [-0.15, -0.1) is 0 Å². The Labute approximate surface area is 559 Å². The first kappa shape index (κ1) is 72.2. The molecule has 534 valence electrons. The number of benzene rings is 3. The number of aromatic nitrogens is 3. The number of anilines is 2. The second-order valence-electron chi connectivity index (χ2n) is 28.6. The van der Waals surface area contributed by atoms with Gasteiger partial charge in [0, 0.05) is 95.2 Å². The monoisotopic (exact) mass is 1400 g/mol. The van der Waals surface area contributed by atoms with Crippen LogP contribution in [0.4, 0.5) is 59.4 Å². The molecule has 99 heavy (non-hydrogen) atoms. The van der Waals surface area contributed by atoms with Crippen LogP contribution < -0.4 is 51.3 Å². The van der Waals surface area contributed by atoms with Gasteiger partial charge in [0.1, 0.15) is 46.6 Å². The average molecular weight is 1400 g/mol. The predicted molar refractivity (Wildman–Crippen MR) is 344 cm³/mol. The fraction of sp³-hybridized carbons (Fsp3) is 0.545. The van der Waals surface area contributed by atoms with Crippen LogP contribution in [0.1, 0.15) is 142 Å². The first-order valence-electron chi connectivity index (χ1n) is 32.1. The summed E-state index contributed by atoms with van der Waals surface area (Å²) in [5.74, 6) is -9.41. The van der Waals surface area contributed by atoms with Crippen molar-refractivity contribution in [2.75, 3.05) is 77.5 Å². The Morgan fingerprint density at radius 3 is 1.19 bits per heavy atom. The summed E-state index contributed by atoms with van der Waals surface area (Å²) in [6.45, 7) is 15.7. The molecule has 3 saturated heterocycles. The summed E-state index contributed by atoms with van der Waals surface area (Å²) < 4.78 is 177. The zero-order valence-electron chi connectivity index (χ0n) is 55.5. The number of aliphatic hydroxyl groups excluding tert-OH is 1. The summed E-state index contributed by atoms with van der Waals surface area (Å²) >= 11 is 0. The topological polar surface area (TPSA) is 248 Å². The first-order valence-corrected chi connectivity index (χ1v) is 32.1. The van der Waals surface area contributed by atoms with Gasteiger partial charge in [0.05, 0.1) is 72.2 Å². The van der Waals surface area contributed by atoms with Crippen LogP contribution in [0.3, 0.4) is 0 Å². The van der Waals surface area contributed by atoms with E-state index in [-0.39, 0.29) is 85.7 Å². The normalized spacial score (nSPS) is 24.9. The Kier molecular flexibility index (Phi) is 18.8. The molecule has 1 unspecified atom stereocenters. The van der Waals surface area contributed by atoms with Crippen LogP contribution in [-0.2, 0) is 9.31 Å². The molecule has 6 saturated carbocycles. The summed E-state index contributed by atoms with van der Waals surface area (Å²) in [6, 6.07) is 0.293. The number of nitrogens with zero attached hydrogens (tertiary/aromatic N) is 5. The van der Waals surface area contributed by atoms with Crippen molar-refractivity contribution in [2.24, 2.45) is 32.8 Å². The number of pyridine rings is 3. The number of carbonyl (C=O) groups is 3. The van der Waals surface area contributed by atoms with Gasteiger partial charge in [-0.1, -0.05) is 27.7 Å². The Bertz CT molecular complexity index is 4450. The molecule has 0 amide bonds. The minimum Gasteiger partial charge on any atom is -0.492 e. The third-order valence-corrected chi connectivity index (χ3v) is 21.8. The zero-order chi connectivity index (χ0) is 72.5. The molecule has 3 spiro atoms. The maximum absolute atomic E-state index is 15.5. The second-order valence-corrected chi connectivity index (χ2v) is 28.6. The van der Waals surface area contributed by atoms with E-state index in [1.165, 1.54) is 49.3 Å². The van der Waals surface area contributed by atoms with Crippen molar-refractivity contribution in [3.8, 4) is 17.2 Å². The lowest BCUT2D eigenvalue weighted by atomic mass is 9.79. The van der Waals surface area contributed by atoms with E-state index in [0.29, 0.717) is 37.7 Å². The summed E-state index contributed by atoms with van der Waals surface area (Å²) in [5.41, 5.74) is 2.67. The van der Waals surface area contributed by atoms with Crippen LogP contribution >= 0.6 is 0 Å². The van der Waals surface area contributed by atoms with E-state index >= 15 is 8.78 Å². The third kappa shape index (κ3) is 12.7. The van der Waals surface area contributed by atoms with E-state index in [9.17, 15) is 73.1 Å². The number of alkyl halides is 3. The van der Waals surface area contributed by atoms with E-state index in [4.69, 9.17) is 25.1 Å². The van der Waals surface area contributed by atoms with Crippen molar-refractivity contribution in [1.82, 2.24) is 19.0 Å². The Morgan fingerprint density at radius 1 is 0.525 bits per heavy atom. The van der Waals surface area contributed by atoms with Gasteiger partial charge in [-0.05, 0) is 85.3 Å². The van der Waals surface area contributed by atoms with E-state index in [1.807, 2.05) is 16.7 Å². The maximum Gasteiger partial charge on any atom is 0.798 e. The van der Waals surface area contributed by atoms with Crippen LogP contribution in [0.5, 0.6) is 17.2 Å². The number of halogens is 11. The number of hydrogen-bond donors (Lipinski definition) is 4. The number of carboxylic acids is 1. The van der Waals surface area contributed by atoms with Gasteiger partial charge in [0.2, 0.25) is 22.1 Å². The highest BCUT2D eigenvalue weighted by molar-refractivity contribution is 6.38. The lowest BCUT2D eigenvalue weighted by Gasteiger charge is -2.26. The smallest absolute Gasteiger partial charge is 0.492 e. The van der Waals surface area contributed by atoms with Crippen molar-refractivity contribution in [3.05, 3.63) is 107 Å². The molecular formula is C66H74B2F11N7O13. The highest BCUT2D eigenvalue weighted by Gasteiger charge is 2.62. The molecule has 20 nitrogen and oxygen atoms in total. The fourth-order valence-corrected chi connectivity index (χ4v) is 15.0. The van der Waals surface area contributed by atoms with Gasteiger partial charge >= 0.3 is 32.8 Å². The van der Waals surface area contributed by atoms with Gasteiger partial charge in [0.15, 0.2) is 34.7 Å². The molecule has 3 aromatic carbocycles. The number of hydrogen-bond acceptors (Lipinski definition) is 16. The predicted octanol–water partition coefficient (Wildman–Crippen LogP) is 10.2. The van der Waals surface area contributed by atoms with E-state index < -0.39 is 142 Å². The van der Waals surface area contributed by atoms with Crippen molar-refractivity contribution in [1.29, 1.82) is 0 Å². The summed E-state index contributed by atoms with van der Waals surface area (Å²) in [7, 11) is -2.20. The minimum atomic E-state index is -3.48. The highest BCUT2D eigenvalue weighted by atomic mass is 19.2.